The van der Waals surface area contributed by atoms with Gasteiger partial charge in [-0.15, -0.1) is 0 Å². The average molecular weight is 344 g/mol. The lowest BCUT2D eigenvalue weighted by molar-refractivity contribution is -0.129. The van der Waals surface area contributed by atoms with E-state index in [-0.39, 0.29) is 18.0 Å². The smallest absolute Gasteiger partial charge is 0.270 e. The quantitative estimate of drug-likeness (QED) is 0.730. The minimum Gasteiger partial charge on any atom is -0.347 e. The van der Waals surface area contributed by atoms with Gasteiger partial charge in [-0.3, -0.25) is 14.5 Å². The van der Waals surface area contributed by atoms with Gasteiger partial charge in [0, 0.05) is 38.3 Å². The Balaban J connectivity index is 2.02. The van der Waals surface area contributed by atoms with Crippen molar-refractivity contribution >= 4 is 16.9 Å². The van der Waals surface area contributed by atoms with E-state index in [2.05, 4.69) is 10.1 Å². The highest BCUT2D eigenvalue weighted by atomic mass is 19.3. The van der Waals surface area contributed by atoms with Crippen LogP contribution in [0.15, 0.2) is 42.7 Å². The molecule has 0 spiro atoms. The summed E-state index contributed by atoms with van der Waals surface area (Å²) < 4.78 is 28.7. The van der Waals surface area contributed by atoms with E-state index in [0.29, 0.717) is 22.2 Å². The summed E-state index contributed by atoms with van der Waals surface area (Å²) in [4.78, 5) is 17.7. The maximum atomic E-state index is 13.6. The zero-order valence-corrected chi connectivity index (χ0v) is 14.2. The van der Waals surface area contributed by atoms with Crippen molar-refractivity contribution in [2.75, 3.05) is 14.1 Å². The third kappa shape index (κ3) is 3.50. The van der Waals surface area contributed by atoms with Crippen molar-refractivity contribution in [2.45, 2.75) is 19.4 Å². The van der Waals surface area contributed by atoms with Gasteiger partial charge in [-0.25, -0.2) is 8.78 Å². The molecule has 0 aliphatic heterocycles. The molecule has 0 saturated heterocycles. The molecular weight excluding hydrogens is 326 g/mol. The van der Waals surface area contributed by atoms with Gasteiger partial charge in [0.1, 0.15) is 12.1 Å². The minimum atomic E-state index is -2.91. The number of carbonyl (C=O) groups is 1. The highest BCUT2D eigenvalue weighted by molar-refractivity contribution is 5.83. The molecule has 0 unspecified atom stereocenters. The largest absolute Gasteiger partial charge is 0.347 e. The summed E-state index contributed by atoms with van der Waals surface area (Å²) in [5, 5.41) is 4.20. The van der Waals surface area contributed by atoms with Crippen LogP contribution in [-0.2, 0) is 17.3 Å². The minimum absolute atomic E-state index is 0.0543. The number of benzene rings is 1. The van der Waals surface area contributed by atoms with E-state index in [9.17, 15) is 13.6 Å². The van der Waals surface area contributed by atoms with Crippen LogP contribution in [0.3, 0.4) is 0 Å². The molecule has 0 bridgehead atoms. The van der Waals surface area contributed by atoms with E-state index >= 15 is 0 Å². The van der Waals surface area contributed by atoms with Crippen molar-refractivity contribution in [2.24, 2.45) is 0 Å². The lowest BCUT2D eigenvalue weighted by Gasteiger charge is -2.12. The average Bonchev–Trinajstić information content (AvgIpc) is 2.96. The van der Waals surface area contributed by atoms with Crippen LogP contribution in [0.25, 0.3) is 22.2 Å². The Hall–Kier alpha value is -2.83. The van der Waals surface area contributed by atoms with Gasteiger partial charge < -0.3 is 4.90 Å². The molecule has 3 aromatic rings. The normalized spacial score (nSPS) is 11.7. The van der Waals surface area contributed by atoms with Gasteiger partial charge in [0.2, 0.25) is 5.91 Å². The fourth-order valence-electron chi connectivity index (χ4n) is 2.48. The van der Waals surface area contributed by atoms with Crippen LogP contribution in [-0.4, -0.2) is 39.7 Å². The summed E-state index contributed by atoms with van der Waals surface area (Å²) in [6, 6.07) is 8.01. The number of hydrogen-bond acceptors (Lipinski definition) is 3. The van der Waals surface area contributed by atoms with Gasteiger partial charge in [-0.05, 0) is 17.7 Å². The number of pyridine rings is 1. The Bertz CT molecular complexity index is 928. The SMILES string of the molecule is CN(C)C(=O)Cn1ncc2ncc(-c3cccc(C(C)(F)F)c3)cc21. The number of carbonyl (C=O) groups excluding carboxylic acids is 1. The number of fused-ring (bicyclic) bond motifs is 1. The van der Waals surface area contributed by atoms with E-state index in [0.717, 1.165) is 6.92 Å². The molecule has 2 heterocycles. The second-order valence-electron chi connectivity index (χ2n) is 6.19. The maximum absolute atomic E-state index is 13.6. The van der Waals surface area contributed by atoms with E-state index in [1.165, 1.54) is 17.0 Å². The van der Waals surface area contributed by atoms with Crippen LogP contribution in [0.4, 0.5) is 8.78 Å². The zero-order chi connectivity index (χ0) is 18.2. The predicted molar refractivity (Wildman–Crippen MR) is 91.2 cm³/mol. The van der Waals surface area contributed by atoms with E-state index in [1.807, 2.05) is 6.07 Å². The molecule has 25 heavy (non-hydrogen) atoms. The Kier molecular flexibility index (Phi) is 4.24. The fraction of sp³-hybridized carbons (Fsp3) is 0.278. The first-order valence-electron chi connectivity index (χ1n) is 7.76. The van der Waals surface area contributed by atoms with Crippen molar-refractivity contribution in [1.82, 2.24) is 19.7 Å². The van der Waals surface area contributed by atoms with E-state index in [1.54, 1.807) is 43.3 Å². The van der Waals surface area contributed by atoms with Gasteiger partial charge >= 0.3 is 0 Å². The van der Waals surface area contributed by atoms with Gasteiger partial charge in [0.05, 0.1) is 11.7 Å². The molecule has 0 radical (unpaired) electrons. The number of nitrogens with zero attached hydrogens (tertiary/aromatic N) is 4. The highest BCUT2D eigenvalue weighted by Gasteiger charge is 2.24. The molecule has 0 saturated carbocycles. The van der Waals surface area contributed by atoms with Crippen LogP contribution in [0.1, 0.15) is 12.5 Å². The summed E-state index contributed by atoms with van der Waals surface area (Å²) in [6.45, 7) is 0.962. The van der Waals surface area contributed by atoms with Crippen molar-refractivity contribution in [1.29, 1.82) is 0 Å². The predicted octanol–water partition coefficient (Wildman–Crippen LogP) is 3.30. The molecule has 7 heteroatoms. The summed E-state index contributed by atoms with van der Waals surface area (Å²) in [5.41, 5.74) is 2.60. The summed E-state index contributed by atoms with van der Waals surface area (Å²) in [5.74, 6) is -3.00. The number of hydrogen-bond donors (Lipinski definition) is 0. The second kappa shape index (κ2) is 6.23. The maximum Gasteiger partial charge on any atom is 0.270 e. The van der Waals surface area contributed by atoms with Crippen molar-refractivity contribution in [3.8, 4) is 11.1 Å². The van der Waals surface area contributed by atoms with Crippen molar-refractivity contribution in [3.05, 3.63) is 48.3 Å². The molecule has 1 aromatic carbocycles. The zero-order valence-electron chi connectivity index (χ0n) is 14.2. The summed E-state index contributed by atoms with van der Waals surface area (Å²) in [7, 11) is 3.35. The molecule has 0 atom stereocenters. The molecule has 1 amide bonds. The van der Waals surface area contributed by atoms with Crippen molar-refractivity contribution in [3.63, 3.8) is 0 Å². The van der Waals surface area contributed by atoms with Crippen LogP contribution >= 0.6 is 0 Å². The summed E-state index contributed by atoms with van der Waals surface area (Å²) in [6.07, 6.45) is 3.20. The number of amides is 1. The van der Waals surface area contributed by atoms with Crippen LogP contribution in [0, 0.1) is 0 Å². The first-order valence-corrected chi connectivity index (χ1v) is 7.76. The molecule has 130 valence electrons. The Morgan fingerprint density at radius 3 is 2.64 bits per heavy atom. The lowest BCUT2D eigenvalue weighted by Crippen LogP contribution is -2.26. The number of halogens is 2. The van der Waals surface area contributed by atoms with Crippen LogP contribution in [0.5, 0.6) is 0 Å². The number of alkyl halides is 2. The topological polar surface area (TPSA) is 51.0 Å². The first-order chi connectivity index (χ1) is 11.8. The molecule has 2 aromatic heterocycles. The molecule has 0 aliphatic carbocycles. The Labute approximate surface area is 143 Å². The second-order valence-corrected chi connectivity index (χ2v) is 6.19. The Morgan fingerprint density at radius 1 is 1.20 bits per heavy atom. The van der Waals surface area contributed by atoms with Crippen LogP contribution < -0.4 is 0 Å². The van der Waals surface area contributed by atoms with Crippen molar-refractivity contribution < 1.29 is 13.6 Å². The third-order valence-corrected chi connectivity index (χ3v) is 3.98. The molecule has 0 fully saturated rings. The lowest BCUT2D eigenvalue weighted by atomic mass is 10.0. The summed E-state index contributed by atoms with van der Waals surface area (Å²) >= 11 is 0. The first kappa shape index (κ1) is 17.0. The monoisotopic (exact) mass is 344 g/mol. The highest BCUT2D eigenvalue weighted by Crippen LogP contribution is 2.31. The number of likely N-dealkylation sites (N-methyl/N-ethyl adjacent to an activating group) is 1. The van der Waals surface area contributed by atoms with Gasteiger partial charge in [-0.2, -0.15) is 5.10 Å². The molecule has 5 nitrogen and oxygen atoms in total. The molecule has 0 N–H and O–H groups in total. The molecular formula is C18H18F2N4O. The fourth-order valence-corrected chi connectivity index (χ4v) is 2.48. The standard InChI is InChI=1S/C18H18F2N4O/c1-18(19,20)14-6-4-5-12(7-14)13-8-16-15(21-9-13)10-22-24(16)11-17(25)23(2)3/h4-10H,11H2,1-3H3. The van der Waals surface area contributed by atoms with Gasteiger partial charge in [0.25, 0.3) is 5.92 Å². The van der Waals surface area contributed by atoms with E-state index < -0.39 is 5.92 Å². The number of rotatable bonds is 4. The molecule has 0 aliphatic rings. The van der Waals surface area contributed by atoms with Crippen LogP contribution in [0.2, 0.25) is 0 Å². The third-order valence-electron chi connectivity index (χ3n) is 3.98. The van der Waals surface area contributed by atoms with E-state index in [4.69, 9.17) is 0 Å². The Morgan fingerprint density at radius 2 is 1.96 bits per heavy atom. The number of aromatic nitrogens is 3. The van der Waals surface area contributed by atoms with Gasteiger partial charge in [0.15, 0.2) is 0 Å². The molecule has 3 rings (SSSR count). The van der Waals surface area contributed by atoms with Gasteiger partial charge in [-0.1, -0.05) is 18.2 Å².